The van der Waals surface area contributed by atoms with Gasteiger partial charge in [-0.3, -0.25) is 9.42 Å². The monoisotopic (exact) mass is 270 g/mol. The molecular weight excluding hydrogens is 246 g/mol. The number of anilines is 1. The van der Waals surface area contributed by atoms with Crippen molar-refractivity contribution in [2.24, 2.45) is 0 Å². The average Bonchev–Trinajstić information content (AvgIpc) is 2.75. The number of hydrogen-bond donors (Lipinski definition) is 1. The van der Waals surface area contributed by atoms with Gasteiger partial charge in [0.2, 0.25) is 5.27 Å². The highest BCUT2D eigenvalue weighted by Crippen LogP contribution is 2.08. The Morgan fingerprint density at radius 3 is 2.63 bits per heavy atom. The van der Waals surface area contributed by atoms with Crippen LogP contribution in [0.25, 0.3) is 0 Å². The molecule has 1 aliphatic rings. The predicted molar refractivity (Wildman–Crippen MR) is 71.2 cm³/mol. The summed E-state index contributed by atoms with van der Waals surface area (Å²) in [4.78, 5) is 4.09. The lowest BCUT2D eigenvalue weighted by atomic mass is 10.1. The van der Waals surface area contributed by atoms with Crippen molar-refractivity contribution in [1.82, 2.24) is 10.2 Å². The average molecular weight is 270 g/mol. The highest BCUT2D eigenvalue weighted by Gasteiger charge is 2.32. The van der Waals surface area contributed by atoms with Gasteiger partial charge < -0.3 is 10.5 Å². The summed E-state index contributed by atoms with van der Waals surface area (Å²) >= 11 is 0. The number of ether oxygens (including phenoxy) is 1. The third kappa shape index (κ3) is 3.81. The summed E-state index contributed by atoms with van der Waals surface area (Å²) in [5.74, 6) is 0.320. The van der Waals surface area contributed by atoms with Crippen LogP contribution in [-0.4, -0.2) is 55.1 Å². The van der Waals surface area contributed by atoms with Gasteiger partial charge in [-0.05, 0) is 20.8 Å². The number of nitrogens with zero attached hydrogens (tertiary/aromatic N) is 4. The minimum atomic E-state index is -0.0553. The van der Waals surface area contributed by atoms with E-state index in [0.29, 0.717) is 5.88 Å². The first-order valence-corrected chi connectivity index (χ1v) is 6.69. The van der Waals surface area contributed by atoms with Crippen LogP contribution < -0.4 is 15.5 Å². The third-order valence-electron chi connectivity index (χ3n) is 3.23. The number of morpholine rings is 1. The molecule has 1 aromatic heterocycles. The molecule has 0 saturated carbocycles. The van der Waals surface area contributed by atoms with Crippen LogP contribution in [0.4, 0.5) is 5.88 Å². The van der Waals surface area contributed by atoms with Crippen molar-refractivity contribution in [3.05, 3.63) is 6.20 Å². The summed E-state index contributed by atoms with van der Waals surface area (Å²) < 4.78 is 10.3. The van der Waals surface area contributed by atoms with Crippen LogP contribution in [0.1, 0.15) is 20.8 Å². The predicted octanol–water partition coefficient (Wildman–Crippen LogP) is -0.387. The second-order valence-electron chi connectivity index (χ2n) is 5.77. The summed E-state index contributed by atoms with van der Waals surface area (Å²) in [5.41, 5.74) is 5.54. The van der Waals surface area contributed by atoms with Gasteiger partial charge in [0.05, 0.1) is 30.1 Å². The summed E-state index contributed by atoms with van der Waals surface area (Å²) in [7, 11) is 0. The number of aromatic nitrogens is 2. The molecule has 1 fully saturated rings. The van der Waals surface area contributed by atoms with Gasteiger partial charge in [-0.15, -0.1) is 5.01 Å². The normalized spacial score (nSPS) is 17.6. The summed E-state index contributed by atoms with van der Waals surface area (Å²) in [6.07, 6.45) is 1.70. The van der Waals surface area contributed by atoms with E-state index in [1.54, 1.807) is 11.0 Å². The van der Waals surface area contributed by atoms with Crippen LogP contribution in [0.15, 0.2) is 10.7 Å². The van der Waals surface area contributed by atoms with Gasteiger partial charge in [0, 0.05) is 19.6 Å². The van der Waals surface area contributed by atoms with Crippen molar-refractivity contribution < 1.29 is 14.1 Å². The van der Waals surface area contributed by atoms with Crippen molar-refractivity contribution in [2.75, 3.05) is 50.1 Å². The van der Waals surface area contributed by atoms with Gasteiger partial charge in [0.1, 0.15) is 0 Å². The molecule has 2 heterocycles. The number of nitrogens with two attached hydrogens (primary N) is 1. The molecule has 0 unspecified atom stereocenters. The van der Waals surface area contributed by atoms with Crippen molar-refractivity contribution >= 4 is 5.88 Å². The van der Waals surface area contributed by atoms with E-state index in [9.17, 15) is 0 Å². The number of nitrogen functional groups attached to an aromatic ring is 1. The lowest BCUT2D eigenvalue weighted by Gasteiger charge is -2.31. The number of rotatable bonds is 4. The maximum Gasteiger partial charge on any atom is 0.296 e. The second-order valence-corrected chi connectivity index (χ2v) is 5.77. The Balaban J connectivity index is 1.98. The third-order valence-corrected chi connectivity index (χ3v) is 3.23. The molecule has 1 saturated heterocycles. The molecule has 2 N–H and O–H groups in total. The highest BCUT2D eigenvalue weighted by atomic mass is 16.5. The van der Waals surface area contributed by atoms with E-state index in [2.05, 4.69) is 36.0 Å². The molecule has 0 atom stereocenters. The van der Waals surface area contributed by atoms with Crippen LogP contribution in [0.3, 0.4) is 0 Å². The molecular formula is C12H24N5O2+. The fraction of sp³-hybridized carbons (Fsp3) is 0.833. The zero-order valence-corrected chi connectivity index (χ0v) is 12.0. The summed E-state index contributed by atoms with van der Waals surface area (Å²) in [5, 5.41) is 6.09. The molecule has 7 nitrogen and oxygen atoms in total. The molecule has 0 bridgehead atoms. The van der Waals surface area contributed by atoms with E-state index in [-0.39, 0.29) is 5.54 Å². The molecule has 0 radical (unpaired) electrons. The van der Waals surface area contributed by atoms with Crippen LogP contribution in [0.2, 0.25) is 0 Å². The van der Waals surface area contributed by atoms with Crippen LogP contribution in [0.5, 0.6) is 0 Å². The molecule has 0 aliphatic carbocycles. The fourth-order valence-electron chi connectivity index (χ4n) is 2.17. The van der Waals surface area contributed by atoms with Crippen LogP contribution in [0, 0.1) is 0 Å². The van der Waals surface area contributed by atoms with E-state index in [4.69, 9.17) is 15.0 Å². The van der Waals surface area contributed by atoms with E-state index >= 15 is 0 Å². The lowest BCUT2D eigenvalue weighted by Crippen LogP contribution is -2.68. The molecule has 0 spiro atoms. The molecule has 108 valence electrons. The first-order chi connectivity index (χ1) is 8.97. The van der Waals surface area contributed by atoms with Crippen molar-refractivity contribution in [3.8, 4) is 0 Å². The van der Waals surface area contributed by atoms with Gasteiger partial charge in [0.25, 0.3) is 12.1 Å². The Kier molecular flexibility index (Phi) is 4.26. The fourth-order valence-corrected chi connectivity index (χ4v) is 2.17. The molecule has 0 amide bonds. The maximum atomic E-state index is 5.60. The van der Waals surface area contributed by atoms with Gasteiger partial charge in [0.15, 0.2) is 0 Å². The largest absolute Gasteiger partial charge is 0.379 e. The minimum Gasteiger partial charge on any atom is -0.379 e. The molecule has 19 heavy (non-hydrogen) atoms. The zero-order chi connectivity index (χ0) is 13.9. The Hall–Kier alpha value is -1.34. The quantitative estimate of drug-likeness (QED) is 0.752. The smallest absolute Gasteiger partial charge is 0.296 e. The first-order valence-electron chi connectivity index (χ1n) is 6.69. The topological polar surface area (TPSA) is 71.6 Å². The Bertz CT molecular complexity index is 395. The van der Waals surface area contributed by atoms with Gasteiger partial charge in [-0.2, -0.15) is 0 Å². The van der Waals surface area contributed by atoms with Gasteiger partial charge >= 0.3 is 0 Å². The first kappa shape index (κ1) is 14.1. The summed E-state index contributed by atoms with van der Waals surface area (Å²) in [6, 6.07) is 0. The van der Waals surface area contributed by atoms with E-state index in [0.717, 1.165) is 39.4 Å². The van der Waals surface area contributed by atoms with Gasteiger partial charge in [-0.25, -0.2) is 0 Å². The van der Waals surface area contributed by atoms with E-state index in [1.807, 2.05) is 0 Å². The van der Waals surface area contributed by atoms with Crippen molar-refractivity contribution in [3.63, 3.8) is 0 Å². The lowest BCUT2D eigenvalue weighted by molar-refractivity contribution is -0.765. The van der Waals surface area contributed by atoms with Crippen LogP contribution >= 0.6 is 0 Å². The second kappa shape index (κ2) is 5.75. The standard InChI is InChI=1S/C12H24N5O2/c1-12(2,3)16(17-10-11(13)19-14-17)5-4-15-6-8-18-9-7-15/h10H,4-9,13H2,1-3H3/q+1. The van der Waals surface area contributed by atoms with E-state index in [1.165, 1.54) is 0 Å². The molecule has 1 aromatic rings. The van der Waals surface area contributed by atoms with Gasteiger partial charge in [-0.1, -0.05) is 0 Å². The highest BCUT2D eigenvalue weighted by molar-refractivity contribution is 5.11. The minimum absolute atomic E-state index is 0.0553. The molecule has 0 aromatic carbocycles. The molecule has 7 heteroatoms. The Morgan fingerprint density at radius 1 is 1.42 bits per heavy atom. The Labute approximate surface area is 113 Å². The van der Waals surface area contributed by atoms with E-state index < -0.39 is 0 Å². The van der Waals surface area contributed by atoms with Crippen molar-refractivity contribution in [2.45, 2.75) is 26.3 Å². The zero-order valence-electron chi connectivity index (χ0n) is 12.0. The number of hydrogen-bond acceptors (Lipinski definition) is 6. The Morgan fingerprint density at radius 2 is 2.11 bits per heavy atom. The van der Waals surface area contributed by atoms with Crippen molar-refractivity contribution in [1.29, 1.82) is 0 Å². The molecule has 1 aliphatic heterocycles. The SMILES string of the molecule is CC(C)(C)N(CCN1CCOCC1)[n+]1cc(N)on1. The van der Waals surface area contributed by atoms with Crippen LogP contribution in [-0.2, 0) is 4.74 Å². The maximum absolute atomic E-state index is 5.60. The summed E-state index contributed by atoms with van der Waals surface area (Å²) in [6.45, 7) is 11.9. The molecule has 2 rings (SSSR count).